The molecule has 0 aromatic carbocycles. The molecule has 0 spiro atoms. The number of alkyl halides is 2. The highest BCUT2D eigenvalue weighted by molar-refractivity contribution is 5.92. The third-order valence-electron chi connectivity index (χ3n) is 3.61. The molecule has 0 aliphatic carbocycles. The predicted octanol–water partition coefficient (Wildman–Crippen LogP) is 2.06. The van der Waals surface area contributed by atoms with Crippen LogP contribution in [0, 0.1) is 0 Å². The zero-order valence-corrected chi connectivity index (χ0v) is 12.5. The van der Waals surface area contributed by atoms with Gasteiger partial charge in [0.25, 0.3) is 11.8 Å². The molecule has 1 aliphatic rings. The zero-order valence-electron chi connectivity index (χ0n) is 12.5. The van der Waals surface area contributed by atoms with Crippen molar-refractivity contribution in [3.05, 3.63) is 29.6 Å². The van der Waals surface area contributed by atoms with Gasteiger partial charge in [-0.1, -0.05) is 6.92 Å². The van der Waals surface area contributed by atoms with Gasteiger partial charge in [-0.25, -0.2) is 8.78 Å². The number of aromatic nitrogens is 1. The number of carbonyl (C=O) groups is 1. The molecule has 1 aromatic rings. The van der Waals surface area contributed by atoms with Crippen LogP contribution in [0.1, 0.15) is 29.9 Å². The van der Waals surface area contributed by atoms with Crippen LogP contribution in [0.5, 0.6) is 0 Å². The number of carbonyl (C=O) groups excluding carboxylic acids is 1. The second-order valence-electron chi connectivity index (χ2n) is 5.54. The van der Waals surface area contributed by atoms with Gasteiger partial charge in [-0.15, -0.1) is 0 Å². The van der Waals surface area contributed by atoms with E-state index in [4.69, 9.17) is 0 Å². The van der Waals surface area contributed by atoms with Gasteiger partial charge in [0, 0.05) is 39.3 Å². The Hall–Kier alpha value is -1.56. The third kappa shape index (κ3) is 4.46. The van der Waals surface area contributed by atoms with E-state index in [0.717, 1.165) is 18.9 Å². The summed E-state index contributed by atoms with van der Waals surface area (Å²) in [7, 11) is 0. The van der Waals surface area contributed by atoms with Crippen molar-refractivity contribution in [2.45, 2.75) is 26.2 Å². The van der Waals surface area contributed by atoms with Gasteiger partial charge in [-0.05, 0) is 24.1 Å². The van der Waals surface area contributed by atoms with E-state index >= 15 is 0 Å². The summed E-state index contributed by atoms with van der Waals surface area (Å²) in [6.07, 6.45) is 2.49. The Bertz CT molecular complexity index is 494. The molecule has 2 rings (SSSR count). The van der Waals surface area contributed by atoms with E-state index in [1.54, 1.807) is 22.1 Å². The van der Waals surface area contributed by atoms with Gasteiger partial charge in [0.2, 0.25) is 0 Å². The van der Waals surface area contributed by atoms with Crippen LogP contribution >= 0.6 is 0 Å². The molecule has 1 fully saturated rings. The highest BCUT2D eigenvalue weighted by Gasteiger charge is 2.29. The van der Waals surface area contributed by atoms with Crippen LogP contribution in [-0.4, -0.2) is 59.3 Å². The minimum Gasteiger partial charge on any atom is -0.335 e. The summed E-state index contributed by atoms with van der Waals surface area (Å²) in [6.45, 7) is 4.57. The molecule has 0 bridgehead atoms. The van der Waals surface area contributed by atoms with Crippen LogP contribution in [0.2, 0.25) is 0 Å². The van der Waals surface area contributed by atoms with Gasteiger partial charge in [0.15, 0.2) is 0 Å². The first-order chi connectivity index (χ1) is 9.89. The minimum atomic E-state index is -2.69. The quantitative estimate of drug-likeness (QED) is 0.853. The summed E-state index contributed by atoms with van der Waals surface area (Å²) in [5.74, 6) is -2.81. The smallest absolute Gasteiger partial charge is 0.272 e. The number of amides is 1. The molecule has 1 aromatic heterocycles. The molecule has 6 heteroatoms. The number of hydrogen-bond acceptors (Lipinski definition) is 3. The highest BCUT2D eigenvalue weighted by atomic mass is 19.3. The SMILES string of the molecule is CCc1ccnc(C(=O)N2CCN(CC(C)(F)F)CC2)c1. The Labute approximate surface area is 123 Å². The summed E-state index contributed by atoms with van der Waals surface area (Å²) in [4.78, 5) is 19.9. The van der Waals surface area contributed by atoms with Crippen molar-refractivity contribution in [2.24, 2.45) is 0 Å². The second-order valence-corrected chi connectivity index (χ2v) is 5.54. The average Bonchev–Trinajstić information content (AvgIpc) is 2.46. The Balaban J connectivity index is 1.94. The van der Waals surface area contributed by atoms with Crippen molar-refractivity contribution in [2.75, 3.05) is 32.7 Å². The first kappa shape index (κ1) is 15.8. The minimum absolute atomic E-state index is 0.117. The van der Waals surface area contributed by atoms with Crippen molar-refractivity contribution >= 4 is 5.91 Å². The van der Waals surface area contributed by atoms with Gasteiger partial charge in [0.1, 0.15) is 5.69 Å². The fraction of sp³-hybridized carbons (Fsp3) is 0.600. The number of nitrogens with zero attached hydrogens (tertiary/aromatic N) is 3. The molecule has 21 heavy (non-hydrogen) atoms. The fourth-order valence-corrected chi connectivity index (χ4v) is 2.47. The lowest BCUT2D eigenvalue weighted by Crippen LogP contribution is -2.51. The maximum atomic E-state index is 13.0. The largest absolute Gasteiger partial charge is 0.335 e. The van der Waals surface area contributed by atoms with Crippen molar-refractivity contribution in [3.63, 3.8) is 0 Å². The Morgan fingerprint density at radius 3 is 2.57 bits per heavy atom. The van der Waals surface area contributed by atoms with Crippen LogP contribution in [0.3, 0.4) is 0 Å². The lowest BCUT2D eigenvalue weighted by atomic mass is 10.1. The van der Waals surface area contributed by atoms with E-state index in [1.807, 2.05) is 13.0 Å². The summed E-state index contributed by atoms with van der Waals surface area (Å²) in [5.41, 5.74) is 1.50. The molecule has 116 valence electrons. The molecule has 1 amide bonds. The van der Waals surface area contributed by atoms with E-state index in [2.05, 4.69) is 4.98 Å². The first-order valence-electron chi connectivity index (χ1n) is 7.23. The summed E-state index contributed by atoms with van der Waals surface area (Å²) in [6, 6.07) is 3.69. The maximum Gasteiger partial charge on any atom is 0.272 e. The Morgan fingerprint density at radius 1 is 1.33 bits per heavy atom. The van der Waals surface area contributed by atoms with E-state index in [-0.39, 0.29) is 12.5 Å². The lowest BCUT2D eigenvalue weighted by Gasteiger charge is -2.35. The topological polar surface area (TPSA) is 36.4 Å². The van der Waals surface area contributed by atoms with Gasteiger partial charge >= 0.3 is 0 Å². The van der Waals surface area contributed by atoms with Crippen molar-refractivity contribution in [1.82, 2.24) is 14.8 Å². The first-order valence-corrected chi connectivity index (χ1v) is 7.23. The van der Waals surface area contributed by atoms with Gasteiger partial charge in [-0.3, -0.25) is 14.7 Å². The summed E-state index contributed by atoms with van der Waals surface area (Å²) < 4.78 is 26.0. The van der Waals surface area contributed by atoms with Crippen LogP contribution in [0.4, 0.5) is 8.78 Å². The number of piperazine rings is 1. The molecule has 0 saturated carbocycles. The summed E-state index contributed by atoms with van der Waals surface area (Å²) in [5, 5.41) is 0. The monoisotopic (exact) mass is 297 g/mol. The van der Waals surface area contributed by atoms with Crippen molar-refractivity contribution in [3.8, 4) is 0 Å². The van der Waals surface area contributed by atoms with E-state index < -0.39 is 5.92 Å². The molecule has 1 saturated heterocycles. The fourth-order valence-electron chi connectivity index (χ4n) is 2.47. The van der Waals surface area contributed by atoms with Gasteiger partial charge < -0.3 is 4.90 Å². The summed E-state index contributed by atoms with van der Waals surface area (Å²) >= 11 is 0. The standard InChI is InChI=1S/C15H21F2N3O/c1-3-12-4-5-18-13(10-12)14(21)20-8-6-19(7-9-20)11-15(2,16)17/h4-5,10H,3,6-9,11H2,1-2H3. The van der Waals surface area contributed by atoms with Crippen molar-refractivity contribution in [1.29, 1.82) is 0 Å². The third-order valence-corrected chi connectivity index (χ3v) is 3.61. The molecule has 0 unspecified atom stereocenters. The molecular formula is C15H21F2N3O. The van der Waals surface area contributed by atoms with Crippen LogP contribution in [0.25, 0.3) is 0 Å². The molecule has 1 aliphatic heterocycles. The molecular weight excluding hydrogens is 276 g/mol. The van der Waals surface area contributed by atoms with Crippen LogP contribution in [-0.2, 0) is 6.42 Å². The molecule has 4 nitrogen and oxygen atoms in total. The zero-order chi connectivity index (χ0) is 15.5. The van der Waals surface area contributed by atoms with Crippen LogP contribution in [0.15, 0.2) is 18.3 Å². The predicted molar refractivity (Wildman–Crippen MR) is 76.6 cm³/mol. The molecule has 0 atom stereocenters. The normalized spacial score (nSPS) is 17.0. The number of pyridine rings is 1. The van der Waals surface area contributed by atoms with Crippen molar-refractivity contribution < 1.29 is 13.6 Å². The molecule has 2 heterocycles. The number of aryl methyl sites for hydroxylation is 1. The molecule has 0 N–H and O–H groups in total. The average molecular weight is 297 g/mol. The number of hydrogen-bond donors (Lipinski definition) is 0. The van der Waals surface area contributed by atoms with Gasteiger partial charge in [-0.2, -0.15) is 0 Å². The van der Waals surface area contributed by atoms with E-state index in [0.29, 0.717) is 31.9 Å². The Kier molecular flexibility index (Phi) is 4.88. The maximum absolute atomic E-state index is 13.0. The lowest BCUT2D eigenvalue weighted by molar-refractivity contribution is -0.0241. The van der Waals surface area contributed by atoms with Crippen LogP contribution < -0.4 is 0 Å². The Morgan fingerprint density at radius 2 is 2.00 bits per heavy atom. The second kappa shape index (κ2) is 6.47. The number of rotatable bonds is 4. The van der Waals surface area contributed by atoms with Gasteiger partial charge in [0.05, 0.1) is 6.54 Å². The number of halogens is 2. The van der Waals surface area contributed by atoms with E-state index in [1.165, 1.54) is 0 Å². The molecule has 0 radical (unpaired) electrons. The highest BCUT2D eigenvalue weighted by Crippen LogP contribution is 2.16. The van der Waals surface area contributed by atoms with E-state index in [9.17, 15) is 13.6 Å².